The molecule has 33 heavy (non-hydrogen) atoms. The number of rotatable bonds is 9. The van der Waals surface area contributed by atoms with E-state index in [1.54, 1.807) is 4.90 Å². The van der Waals surface area contributed by atoms with E-state index in [4.69, 9.17) is 0 Å². The minimum absolute atomic E-state index is 0.0420. The zero-order valence-electron chi connectivity index (χ0n) is 20.1. The molecule has 1 fully saturated rings. The molecule has 0 bridgehead atoms. The topological polar surface area (TPSA) is 86.7 Å². The van der Waals surface area contributed by atoms with E-state index in [1.807, 2.05) is 83.1 Å². The minimum atomic E-state index is -0.997. The summed E-state index contributed by atoms with van der Waals surface area (Å²) < 4.78 is 0. The van der Waals surface area contributed by atoms with Crippen molar-refractivity contribution in [2.45, 2.75) is 59.5 Å². The number of aliphatic carboxylic acids is 1. The van der Waals surface area contributed by atoms with Gasteiger partial charge in [-0.2, -0.15) is 0 Å². The van der Waals surface area contributed by atoms with Crippen molar-refractivity contribution in [2.75, 3.05) is 6.54 Å². The summed E-state index contributed by atoms with van der Waals surface area (Å²) in [5.41, 5.74) is 3.41. The third kappa shape index (κ3) is 5.62. The van der Waals surface area contributed by atoms with E-state index in [0.717, 1.165) is 22.3 Å². The molecule has 0 saturated carbocycles. The molecule has 176 valence electrons. The molecule has 2 amide bonds. The van der Waals surface area contributed by atoms with Crippen molar-refractivity contribution in [1.82, 2.24) is 10.2 Å². The van der Waals surface area contributed by atoms with Crippen molar-refractivity contribution >= 4 is 17.8 Å². The molecule has 1 aliphatic heterocycles. The minimum Gasteiger partial charge on any atom is -0.481 e. The van der Waals surface area contributed by atoms with Crippen LogP contribution in [0, 0.1) is 18.3 Å². The van der Waals surface area contributed by atoms with Gasteiger partial charge in [0.2, 0.25) is 11.8 Å². The normalized spacial score (nSPS) is 16.8. The van der Waals surface area contributed by atoms with Gasteiger partial charge in [0, 0.05) is 6.54 Å². The smallest absolute Gasteiger partial charge is 0.305 e. The Bertz CT molecular complexity index is 1040. The van der Waals surface area contributed by atoms with Crippen molar-refractivity contribution in [1.29, 1.82) is 0 Å². The molecule has 2 atom stereocenters. The van der Waals surface area contributed by atoms with Gasteiger partial charge >= 0.3 is 5.97 Å². The summed E-state index contributed by atoms with van der Waals surface area (Å²) >= 11 is 0. The van der Waals surface area contributed by atoms with E-state index < -0.39 is 23.5 Å². The summed E-state index contributed by atoms with van der Waals surface area (Å²) in [5, 5.41) is 12.5. The summed E-state index contributed by atoms with van der Waals surface area (Å²) in [5.74, 6) is -1.14. The highest BCUT2D eigenvalue weighted by molar-refractivity contribution is 5.94. The van der Waals surface area contributed by atoms with E-state index in [2.05, 4.69) is 5.32 Å². The molecule has 2 N–H and O–H groups in total. The fraction of sp³-hybridized carbons (Fsp3) is 0.444. The van der Waals surface area contributed by atoms with Crippen molar-refractivity contribution < 1.29 is 19.5 Å². The second kappa shape index (κ2) is 9.77. The maximum atomic E-state index is 13.3. The fourth-order valence-electron chi connectivity index (χ4n) is 4.45. The first kappa shape index (κ1) is 24.5. The summed E-state index contributed by atoms with van der Waals surface area (Å²) in [6.45, 7) is 10.3. The second-order valence-electron chi connectivity index (χ2n) is 10.1. The van der Waals surface area contributed by atoms with Gasteiger partial charge in [0.1, 0.15) is 6.04 Å². The van der Waals surface area contributed by atoms with Gasteiger partial charge in [0.25, 0.3) is 0 Å². The number of carbonyl (C=O) groups is 3. The van der Waals surface area contributed by atoms with E-state index in [0.29, 0.717) is 13.0 Å². The number of benzene rings is 2. The number of β-lactam (4-membered cyclic amide) rings is 1. The Hall–Kier alpha value is -3.15. The molecule has 6 heteroatoms. The van der Waals surface area contributed by atoms with Crippen LogP contribution in [0.1, 0.15) is 57.7 Å². The second-order valence-corrected chi connectivity index (χ2v) is 10.1. The number of hydrogen-bond acceptors (Lipinski definition) is 3. The number of hydrogen-bond donors (Lipinski definition) is 2. The van der Waals surface area contributed by atoms with E-state index in [9.17, 15) is 19.5 Å². The van der Waals surface area contributed by atoms with Gasteiger partial charge in [-0.15, -0.1) is 0 Å². The molecule has 6 nitrogen and oxygen atoms in total. The molecule has 1 unspecified atom stereocenters. The third-order valence-corrected chi connectivity index (χ3v) is 6.22. The number of nitrogens with zero attached hydrogens (tertiary/aromatic N) is 1. The fourth-order valence-corrected chi connectivity index (χ4v) is 4.45. The standard InChI is InChI=1S/C27H34N2O4/c1-17(2)13-23(29-16-27(4,5)26(29)33)25(32)28-22(15-24(30)31)20-11-8-10-19(14-20)21-12-7-6-9-18(21)3/h6-12,14,17,22-23H,13,15-16H2,1-5H3,(H,28,32)(H,30,31)/t22-,23?/m0/s1. The molecular formula is C27H34N2O4. The monoisotopic (exact) mass is 450 g/mol. The summed E-state index contributed by atoms with van der Waals surface area (Å²) in [4.78, 5) is 39.2. The Labute approximate surface area is 196 Å². The highest BCUT2D eigenvalue weighted by atomic mass is 16.4. The van der Waals surface area contributed by atoms with Gasteiger partial charge in [0.05, 0.1) is 17.9 Å². The molecule has 0 spiro atoms. The molecule has 0 aromatic heterocycles. The summed E-state index contributed by atoms with van der Waals surface area (Å²) in [6.07, 6.45) is 0.285. The third-order valence-electron chi connectivity index (χ3n) is 6.22. The van der Waals surface area contributed by atoms with Crippen LogP contribution in [0.25, 0.3) is 11.1 Å². The number of nitrogens with one attached hydrogen (secondary N) is 1. The van der Waals surface area contributed by atoms with Gasteiger partial charge < -0.3 is 15.3 Å². The highest BCUT2D eigenvalue weighted by Gasteiger charge is 2.49. The average molecular weight is 451 g/mol. The highest BCUT2D eigenvalue weighted by Crippen LogP contribution is 2.34. The van der Waals surface area contributed by atoms with E-state index in [-0.39, 0.29) is 24.2 Å². The SMILES string of the molecule is Cc1ccccc1-c1cccc([C@H](CC(=O)O)NC(=O)C(CC(C)C)N2CC(C)(C)C2=O)c1. The van der Waals surface area contributed by atoms with Crippen molar-refractivity contribution in [3.8, 4) is 11.1 Å². The molecule has 2 aromatic carbocycles. The number of carbonyl (C=O) groups excluding carboxylic acids is 2. The van der Waals surface area contributed by atoms with Gasteiger partial charge in [-0.1, -0.05) is 56.3 Å². The summed E-state index contributed by atoms with van der Waals surface area (Å²) in [7, 11) is 0. The number of carboxylic acids is 1. The lowest BCUT2D eigenvalue weighted by Gasteiger charge is -2.48. The maximum Gasteiger partial charge on any atom is 0.305 e. The first-order chi connectivity index (χ1) is 15.5. The van der Waals surface area contributed by atoms with Crippen LogP contribution in [0.4, 0.5) is 0 Å². The van der Waals surface area contributed by atoms with Crippen LogP contribution in [0.5, 0.6) is 0 Å². The molecule has 2 aromatic rings. The number of likely N-dealkylation sites (tertiary alicyclic amines) is 1. The molecule has 0 aliphatic carbocycles. The Balaban J connectivity index is 1.88. The molecule has 3 rings (SSSR count). The van der Waals surface area contributed by atoms with Crippen LogP contribution in [0.2, 0.25) is 0 Å². The molecule has 1 saturated heterocycles. The first-order valence-electron chi connectivity index (χ1n) is 11.5. The van der Waals surface area contributed by atoms with Crippen molar-refractivity contribution in [3.05, 3.63) is 59.7 Å². The van der Waals surface area contributed by atoms with Crippen LogP contribution in [-0.2, 0) is 14.4 Å². The molecule has 0 radical (unpaired) electrons. The lowest BCUT2D eigenvalue weighted by Crippen LogP contribution is -2.65. The van der Waals surface area contributed by atoms with Crippen LogP contribution < -0.4 is 5.32 Å². The lowest BCUT2D eigenvalue weighted by atomic mass is 9.80. The Morgan fingerprint density at radius 3 is 2.39 bits per heavy atom. The Morgan fingerprint density at radius 1 is 1.12 bits per heavy atom. The van der Waals surface area contributed by atoms with Gasteiger partial charge in [0.15, 0.2) is 0 Å². The van der Waals surface area contributed by atoms with Crippen LogP contribution in [-0.4, -0.2) is 40.4 Å². The number of carboxylic acid groups (broad SMARTS) is 1. The van der Waals surface area contributed by atoms with Crippen LogP contribution >= 0.6 is 0 Å². The quantitative estimate of drug-likeness (QED) is 0.548. The van der Waals surface area contributed by atoms with E-state index >= 15 is 0 Å². The van der Waals surface area contributed by atoms with E-state index in [1.165, 1.54) is 0 Å². The number of aryl methyl sites for hydroxylation is 1. The first-order valence-corrected chi connectivity index (χ1v) is 11.5. The van der Waals surface area contributed by atoms with Crippen LogP contribution in [0.15, 0.2) is 48.5 Å². The zero-order chi connectivity index (χ0) is 24.3. The molecule has 1 aliphatic rings. The van der Waals surface area contributed by atoms with Crippen LogP contribution in [0.3, 0.4) is 0 Å². The predicted octanol–water partition coefficient (Wildman–Crippen LogP) is 4.58. The van der Waals surface area contributed by atoms with Crippen molar-refractivity contribution in [3.63, 3.8) is 0 Å². The largest absolute Gasteiger partial charge is 0.481 e. The predicted molar refractivity (Wildman–Crippen MR) is 128 cm³/mol. The molecule has 1 heterocycles. The van der Waals surface area contributed by atoms with Gasteiger partial charge in [-0.3, -0.25) is 14.4 Å². The maximum absolute atomic E-state index is 13.3. The summed E-state index contributed by atoms with van der Waals surface area (Å²) in [6, 6.07) is 14.3. The average Bonchev–Trinajstić information content (AvgIpc) is 2.75. The van der Waals surface area contributed by atoms with Gasteiger partial charge in [-0.25, -0.2) is 0 Å². The zero-order valence-corrected chi connectivity index (χ0v) is 20.1. The van der Waals surface area contributed by atoms with Gasteiger partial charge in [-0.05, 0) is 61.4 Å². The Kier molecular flexibility index (Phi) is 7.25. The van der Waals surface area contributed by atoms with Crippen molar-refractivity contribution in [2.24, 2.45) is 11.3 Å². The number of amides is 2. The Morgan fingerprint density at radius 2 is 1.82 bits per heavy atom. The lowest BCUT2D eigenvalue weighted by molar-refractivity contribution is -0.165. The molecular weight excluding hydrogens is 416 g/mol.